The molecule has 0 spiro atoms. The summed E-state index contributed by atoms with van der Waals surface area (Å²) in [5.74, 6) is 1.05. The molecule has 0 amide bonds. The number of rotatable bonds is 3. The summed E-state index contributed by atoms with van der Waals surface area (Å²) in [7, 11) is 1.37. The van der Waals surface area contributed by atoms with E-state index in [-0.39, 0.29) is 5.97 Å². The molecule has 24 heavy (non-hydrogen) atoms. The minimum absolute atomic E-state index is 0.380. The number of ether oxygens (including phenoxy) is 2. The molecule has 0 atom stereocenters. The molecule has 0 fully saturated rings. The normalized spacial score (nSPS) is 10.7. The van der Waals surface area contributed by atoms with Crippen molar-refractivity contribution in [1.82, 2.24) is 4.98 Å². The van der Waals surface area contributed by atoms with Crippen molar-refractivity contribution in [3.63, 3.8) is 0 Å². The van der Waals surface area contributed by atoms with E-state index in [1.54, 1.807) is 12.1 Å². The number of aromatic nitrogens is 1. The van der Waals surface area contributed by atoms with Gasteiger partial charge < -0.3 is 9.47 Å². The van der Waals surface area contributed by atoms with Gasteiger partial charge in [-0.15, -0.1) is 0 Å². The summed E-state index contributed by atoms with van der Waals surface area (Å²) in [4.78, 5) is 16.3. The molecular weight excluding hydrogens is 302 g/mol. The van der Waals surface area contributed by atoms with Crippen LogP contribution in [0.1, 0.15) is 27.2 Å². The van der Waals surface area contributed by atoms with Gasteiger partial charge in [-0.25, -0.2) is 4.79 Å². The molecule has 0 aliphatic rings. The zero-order valence-electron chi connectivity index (χ0n) is 14.2. The van der Waals surface area contributed by atoms with Gasteiger partial charge in [0.05, 0.1) is 18.2 Å². The highest BCUT2D eigenvalue weighted by Crippen LogP contribution is 2.31. The molecule has 0 radical (unpaired) electrons. The standard InChI is InChI=1S/C20H19NO3/c1-12-5-7-16(9-13(12)2)24-19-10-14(3)21-18-8-6-15(11-17(18)19)20(22)23-4/h5-11H,1-4H3. The molecule has 0 aliphatic carbocycles. The predicted molar refractivity (Wildman–Crippen MR) is 93.8 cm³/mol. The maximum atomic E-state index is 11.8. The van der Waals surface area contributed by atoms with E-state index < -0.39 is 0 Å². The van der Waals surface area contributed by atoms with E-state index >= 15 is 0 Å². The van der Waals surface area contributed by atoms with Gasteiger partial charge in [0.25, 0.3) is 0 Å². The lowest BCUT2D eigenvalue weighted by molar-refractivity contribution is 0.0601. The van der Waals surface area contributed by atoms with Crippen molar-refractivity contribution >= 4 is 16.9 Å². The van der Waals surface area contributed by atoms with Crippen LogP contribution in [0.5, 0.6) is 11.5 Å². The Kier molecular flexibility index (Phi) is 4.21. The molecule has 0 bridgehead atoms. The third-order valence-electron chi connectivity index (χ3n) is 4.03. The van der Waals surface area contributed by atoms with Gasteiger partial charge in [-0.3, -0.25) is 4.98 Å². The number of nitrogens with zero attached hydrogens (tertiary/aromatic N) is 1. The Morgan fingerprint density at radius 2 is 1.75 bits per heavy atom. The first kappa shape index (κ1) is 16.0. The van der Waals surface area contributed by atoms with E-state index in [1.165, 1.54) is 12.7 Å². The van der Waals surface area contributed by atoms with Crippen LogP contribution in [0.25, 0.3) is 10.9 Å². The second-order valence-corrected chi connectivity index (χ2v) is 5.83. The van der Waals surface area contributed by atoms with Gasteiger partial charge in [-0.2, -0.15) is 0 Å². The highest BCUT2D eigenvalue weighted by molar-refractivity contribution is 5.96. The molecular formula is C20H19NO3. The van der Waals surface area contributed by atoms with Crippen LogP contribution >= 0.6 is 0 Å². The van der Waals surface area contributed by atoms with Gasteiger partial charge >= 0.3 is 5.97 Å². The summed E-state index contributed by atoms with van der Waals surface area (Å²) >= 11 is 0. The minimum atomic E-state index is -0.380. The highest BCUT2D eigenvalue weighted by Gasteiger charge is 2.12. The summed E-state index contributed by atoms with van der Waals surface area (Å²) in [6.45, 7) is 6.03. The molecule has 4 nitrogen and oxygen atoms in total. The maximum Gasteiger partial charge on any atom is 0.337 e. The third kappa shape index (κ3) is 3.08. The smallest absolute Gasteiger partial charge is 0.337 e. The van der Waals surface area contributed by atoms with Crippen LogP contribution in [0.3, 0.4) is 0 Å². The molecule has 0 unspecified atom stereocenters. The topological polar surface area (TPSA) is 48.4 Å². The molecule has 3 rings (SSSR count). The lowest BCUT2D eigenvalue weighted by Crippen LogP contribution is -2.01. The fraction of sp³-hybridized carbons (Fsp3) is 0.200. The Morgan fingerprint density at radius 1 is 0.958 bits per heavy atom. The number of benzene rings is 2. The van der Waals surface area contributed by atoms with Crippen molar-refractivity contribution in [2.24, 2.45) is 0 Å². The number of esters is 1. The van der Waals surface area contributed by atoms with Gasteiger partial charge in [-0.05, 0) is 62.2 Å². The van der Waals surface area contributed by atoms with Crippen molar-refractivity contribution in [2.45, 2.75) is 20.8 Å². The summed E-state index contributed by atoms with van der Waals surface area (Å²) < 4.78 is 10.9. The van der Waals surface area contributed by atoms with Gasteiger partial charge in [0, 0.05) is 17.1 Å². The first-order chi connectivity index (χ1) is 11.5. The Bertz CT molecular complexity index is 932. The van der Waals surface area contributed by atoms with E-state index in [1.807, 2.05) is 44.2 Å². The van der Waals surface area contributed by atoms with Crippen LogP contribution < -0.4 is 4.74 Å². The lowest BCUT2D eigenvalue weighted by Gasteiger charge is -2.12. The van der Waals surface area contributed by atoms with Crippen LogP contribution in [-0.2, 0) is 4.74 Å². The second-order valence-electron chi connectivity index (χ2n) is 5.83. The number of methoxy groups -OCH3 is 1. The van der Waals surface area contributed by atoms with Crippen molar-refractivity contribution < 1.29 is 14.3 Å². The van der Waals surface area contributed by atoms with Gasteiger partial charge in [-0.1, -0.05) is 6.07 Å². The average Bonchev–Trinajstić information content (AvgIpc) is 2.57. The number of carbonyl (C=O) groups excluding carboxylic acids is 1. The third-order valence-corrected chi connectivity index (χ3v) is 4.03. The highest BCUT2D eigenvalue weighted by atomic mass is 16.5. The maximum absolute atomic E-state index is 11.8. The van der Waals surface area contributed by atoms with Crippen LogP contribution in [0, 0.1) is 20.8 Å². The second kappa shape index (κ2) is 6.32. The van der Waals surface area contributed by atoms with Crippen LogP contribution in [0.4, 0.5) is 0 Å². The zero-order valence-corrected chi connectivity index (χ0v) is 14.2. The van der Waals surface area contributed by atoms with Crippen molar-refractivity contribution in [3.8, 4) is 11.5 Å². The minimum Gasteiger partial charge on any atom is -0.465 e. The summed E-state index contributed by atoms with van der Waals surface area (Å²) in [5, 5.41) is 0.779. The first-order valence-corrected chi connectivity index (χ1v) is 7.73. The van der Waals surface area contributed by atoms with E-state index in [4.69, 9.17) is 9.47 Å². The molecule has 1 aromatic heterocycles. The summed E-state index contributed by atoms with van der Waals surface area (Å²) in [6, 6.07) is 13.1. The Morgan fingerprint density at radius 3 is 2.46 bits per heavy atom. The quantitative estimate of drug-likeness (QED) is 0.654. The molecule has 0 aliphatic heterocycles. The monoisotopic (exact) mass is 321 g/mol. The van der Waals surface area contributed by atoms with Gasteiger partial charge in [0.1, 0.15) is 11.5 Å². The van der Waals surface area contributed by atoms with Gasteiger partial charge in [0.15, 0.2) is 0 Å². The first-order valence-electron chi connectivity index (χ1n) is 7.73. The number of hydrogen-bond acceptors (Lipinski definition) is 4. The Hall–Kier alpha value is -2.88. The fourth-order valence-electron chi connectivity index (χ4n) is 2.55. The summed E-state index contributed by atoms with van der Waals surface area (Å²) in [6.07, 6.45) is 0. The molecule has 3 aromatic rings. The number of fused-ring (bicyclic) bond motifs is 1. The molecule has 122 valence electrons. The molecule has 4 heteroatoms. The van der Waals surface area contributed by atoms with Crippen molar-refractivity contribution in [3.05, 3.63) is 64.8 Å². The van der Waals surface area contributed by atoms with Crippen LogP contribution in [0.15, 0.2) is 42.5 Å². The number of carbonyl (C=O) groups is 1. The molecule has 2 aromatic carbocycles. The van der Waals surface area contributed by atoms with E-state index in [2.05, 4.69) is 11.9 Å². The van der Waals surface area contributed by atoms with E-state index in [0.29, 0.717) is 11.3 Å². The van der Waals surface area contributed by atoms with Gasteiger partial charge in [0.2, 0.25) is 0 Å². The number of pyridine rings is 1. The average molecular weight is 321 g/mol. The Labute approximate surface area is 141 Å². The van der Waals surface area contributed by atoms with Crippen LogP contribution in [0.2, 0.25) is 0 Å². The summed E-state index contributed by atoms with van der Waals surface area (Å²) in [5.41, 5.74) is 4.48. The van der Waals surface area contributed by atoms with E-state index in [0.717, 1.165) is 27.9 Å². The number of hydrogen-bond donors (Lipinski definition) is 0. The van der Waals surface area contributed by atoms with Crippen LogP contribution in [-0.4, -0.2) is 18.1 Å². The molecule has 1 heterocycles. The van der Waals surface area contributed by atoms with Crippen molar-refractivity contribution in [1.29, 1.82) is 0 Å². The molecule has 0 saturated carbocycles. The molecule has 0 N–H and O–H groups in total. The zero-order chi connectivity index (χ0) is 17.3. The SMILES string of the molecule is COC(=O)c1ccc2nc(C)cc(Oc3ccc(C)c(C)c3)c2c1. The fourth-order valence-corrected chi connectivity index (χ4v) is 2.55. The van der Waals surface area contributed by atoms with Crippen molar-refractivity contribution in [2.75, 3.05) is 7.11 Å². The van der Waals surface area contributed by atoms with E-state index in [9.17, 15) is 4.79 Å². The lowest BCUT2D eigenvalue weighted by atomic mass is 10.1. The Balaban J connectivity index is 2.10. The largest absolute Gasteiger partial charge is 0.465 e. The predicted octanol–water partition coefficient (Wildman–Crippen LogP) is 4.74. The number of aryl methyl sites for hydroxylation is 3. The molecule has 0 saturated heterocycles.